The molecule has 8 heteroatoms. The van der Waals surface area contributed by atoms with Crippen LogP contribution >= 0.6 is 11.3 Å². The zero-order valence-corrected chi connectivity index (χ0v) is 16.1. The van der Waals surface area contributed by atoms with Crippen LogP contribution in [0, 0.1) is 0 Å². The summed E-state index contributed by atoms with van der Waals surface area (Å²) in [7, 11) is 0. The quantitative estimate of drug-likeness (QED) is 0.404. The van der Waals surface area contributed by atoms with E-state index >= 15 is 0 Å². The van der Waals surface area contributed by atoms with Gasteiger partial charge in [0.25, 0.3) is 0 Å². The number of nitrogens with one attached hydrogen (secondary N) is 1. The predicted octanol–water partition coefficient (Wildman–Crippen LogP) is 5.82. The maximum absolute atomic E-state index is 12.6. The van der Waals surface area contributed by atoms with Crippen LogP contribution in [0.15, 0.2) is 61.1 Å². The first-order valence-electron chi connectivity index (χ1n) is 9.06. The van der Waals surface area contributed by atoms with E-state index in [4.69, 9.17) is 0 Å². The topological polar surface area (TPSA) is 50.7 Å². The van der Waals surface area contributed by atoms with Crippen molar-refractivity contribution in [2.45, 2.75) is 19.0 Å². The van der Waals surface area contributed by atoms with Crippen LogP contribution in [0.3, 0.4) is 0 Å². The van der Waals surface area contributed by atoms with E-state index in [0.717, 1.165) is 50.7 Å². The summed E-state index contributed by atoms with van der Waals surface area (Å²) >= 11 is 1.52. The molecule has 4 rings (SSSR count). The number of nitrogens with zero attached hydrogens (tertiary/aromatic N) is 3. The second-order valence-electron chi connectivity index (χ2n) is 6.52. The highest BCUT2D eigenvalue weighted by molar-refractivity contribution is 7.18. The fourth-order valence-electron chi connectivity index (χ4n) is 2.93. The van der Waals surface area contributed by atoms with Crippen molar-refractivity contribution in [2.75, 3.05) is 11.9 Å². The lowest BCUT2D eigenvalue weighted by Gasteiger charge is -2.07. The molecular weight excluding hydrogens is 397 g/mol. The minimum absolute atomic E-state index is 0.617. The zero-order chi connectivity index (χ0) is 20.3. The number of anilines is 1. The molecule has 4 nitrogen and oxygen atoms in total. The molecule has 0 saturated carbocycles. The van der Waals surface area contributed by atoms with Gasteiger partial charge in [-0.1, -0.05) is 23.5 Å². The molecule has 3 aromatic heterocycles. The highest BCUT2D eigenvalue weighted by Gasteiger charge is 2.29. The molecule has 3 heterocycles. The molecule has 0 unspecified atom stereocenters. The molecule has 0 bridgehead atoms. The number of thiazole rings is 1. The average molecular weight is 414 g/mol. The monoisotopic (exact) mass is 414 g/mol. The van der Waals surface area contributed by atoms with Crippen molar-refractivity contribution in [2.24, 2.45) is 0 Å². The SMILES string of the molecule is FC(F)(F)c1ccc(CCCNc2ncc(-c3ccc4cnccc4n3)s2)cc1. The van der Waals surface area contributed by atoms with Gasteiger partial charge in [-0.2, -0.15) is 13.2 Å². The van der Waals surface area contributed by atoms with E-state index in [1.54, 1.807) is 18.6 Å². The summed E-state index contributed by atoms with van der Waals surface area (Å²) in [6.45, 7) is 0.685. The molecule has 29 heavy (non-hydrogen) atoms. The number of rotatable bonds is 6. The smallest absolute Gasteiger partial charge is 0.361 e. The number of aryl methyl sites for hydroxylation is 1. The maximum Gasteiger partial charge on any atom is 0.416 e. The lowest BCUT2D eigenvalue weighted by molar-refractivity contribution is -0.137. The number of benzene rings is 1. The first-order chi connectivity index (χ1) is 14.0. The average Bonchev–Trinajstić information content (AvgIpc) is 3.19. The number of hydrogen-bond donors (Lipinski definition) is 1. The Morgan fingerprint density at radius 2 is 1.79 bits per heavy atom. The van der Waals surface area contributed by atoms with E-state index < -0.39 is 11.7 Å². The standard InChI is InChI=1S/C21H17F3N4S/c22-21(23,24)16-6-3-14(4-7-16)2-1-10-26-20-27-13-19(29-20)18-8-5-15-12-25-11-9-17(15)28-18/h3-9,11-13H,1-2,10H2,(H,26,27). The van der Waals surface area contributed by atoms with Gasteiger partial charge in [0.05, 0.1) is 21.7 Å². The number of pyridine rings is 2. The second kappa shape index (κ2) is 8.16. The van der Waals surface area contributed by atoms with Crippen LogP contribution in [0.25, 0.3) is 21.5 Å². The number of hydrogen-bond acceptors (Lipinski definition) is 5. The molecule has 0 saturated heterocycles. The van der Waals surface area contributed by atoms with Crippen LogP contribution in [-0.4, -0.2) is 21.5 Å². The Hall–Kier alpha value is -3.00. The highest BCUT2D eigenvalue weighted by Crippen LogP contribution is 2.30. The van der Waals surface area contributed by atoms with Gasteiger partial charge in [-0.25, -0.2) is 9.97 Å². The fourth-order valence-corrected chi connectivity index (χ4v) is 3.74. The lowest BCUT2D eigenvalue weighted by atomic mass is 10.1. The molecule has 1 aromatic carbocycles. The third-order valence-electron chi connectivity index (χ3n) is 4.45. The first kappa shape index (κ1) is 19.3. The summed E-state index contributed by atoms with van der Waals surface area (Å²) in [6, 6.07) is 11.1. The van der Waals surface area contributed by atoms with Crippen molar-refractivity contribution in [3.8, 4) is 10.6 Å². The number of aromatic nitrogens is 3. The molecule has 0 aliphatic heterocycles. The van der Waals surface area contributed by atoms with E-state index in [9.17, 15) is 13.2 Å². The van der Waals surface area contributed by atoms with E-state index in [0.29, 0.717) is 13.0 Å². The summed E-state index contributed by atoms with van der Waals surface area (Å²) in [5.41, 5.74) is 2.01. The van der Waals surface area contributed by atoms with Gasteiger partial charge in [-0.15, -0.1) is 0 Å². The lowest BCUT2D eigenvalue weighted by Crippen LogP contribution is -2.05. The van der Waals surface area contributed by atoms with Crippen LogP contribution in [-0.2, 0) is 12.6 Å². The van der Waals surface area contributed by atoms with E-state index in [1.165, 1.54) is 23.5 Å². The van der Waals surface area contributed by atoms with Gasteiger partial charge < -0.3 is 5.32 Å². The third-order valence-corrected chi connectivity index (χ3v) is 5.42. The summed E-state index contributed by atoms with van der Waals surface area (Å²) in [5, 5.41) is 5.05. The van der Waals surface area contributed by atoms with Gasteiger partial charge >= 0.3 is 6.18 Å². The van der Waals surface area contributed by atoms with E-state index in [2.05, 4.69) is 20.3 Å². The summed E-state index contributed by atoms with van der Waals surface area (Å²) < 4.78 is 37.8. The van der Waals surface area contributed by atoms with Gasteiger partial charge in [0.15, 0.2) is 5.13 Å². The van der Waals surface area contributed by atoms with E-state index in [1.807, 2.05) is 18.2 Å². The molecule has 148 valence electrons. The predicted molar refractivity (Wildman–Crippen MR) is 109 cm³/mol. The van der Waals surface area contributed by atoms with E-state index in [-0.39, 0.29) is 0 Å². The Labute approximate surface area is 169 Å². The Morgan fingerprint density at radius 3 is 2.59 bits per heavy atom. The van der Waals surface area contributed by atoms with Crippen LogP contribution in [0.5, 0.6) is 0 Å². The molecule has 0 atom stereocenters. The Kier molecular flexibility index (Phi) is 5.44. The minimum atomic E-state index is -4.29. The Balaban J connectivity index is 1.31. The van der Waals surface area contributed by atoms with Gasteiger partial charge in [0.1, 0.15) is 0 Å². The zero-order valence-electron chi connectivity index (χ0n) is 15.3. The first-order valence-corrected chi connectivity index (χ1v) is 9.88. The molecule has 1 N–H and O–H groups in total. The van der Waals surface area contributed by atoms with Crippen molar-refractivity contribution < 1.29 is 13.2 Å². The molecule has 4 aromatic rings. The summed E-state index contributed by atoms with van der Waals surface area (Å²) in [6.07, 6.45) is 2.49. The van der Waals surface area contributed by atoms with Crippen molar-refractivity contribution in [3.05, 3.63) is 72.2 Å². The van der Waals surface area contributed by atoms with Crippen LogP contribution < -0.4 is 5.32 Å². The van der Waals surface area contributed by atoms with Gasteiger partial charge in [-0.3, -0.25) is 4.98 Å². The Morgan fingerprint density at radius 1 is 0.966 bits per heavy atom. The minimum Gasteiger partial charge on any atom is -0.361 e. The largest absolute Gasteiger partial charge is 0.416 e. The highest BCUT2D eigenvalue weighted by atomic mass is 32.1. The fraction of sp³-hybridized carbons (Fsp3) is 0.190. The van der Waals surface area contributed by atoms with Gasteiger partial charge in [0, 0.05) is 30.5 Å². The number of alkyl halides is 3. The third kappa shape index (κ3) is 4.71. The van der Waals surface area contributed by atoms with Crippen LogP contribution in [0.2, 0.25) is 0 Å². The summed E-state index contributed by atoms with van der Waals surface area (Å²) in [5.74, 6) is 0. The number of fused-ring (bicyclic) bond motifs is 1. The van der Waals surface area contributed by atoms with Crippen LogP contribution in [0.1, 0.15) is 17.5 Å². The molecule has 0 aliphatic carbocycles. The Bertz CT molecular complexity index is 1110. The molecule has 0 amide bonds. The van der Waals surface area contributed by atoms with Crippen LogP contribution in [0.4, 0.5) is 18.3 Å². The molecule has 0 fully saturated rings. The van der Waals surface area contributed by atoms with Crippen molar-refractivity contribution in [1.29, 1.82) is 0 Å². The molecule has 0 radical (unpaired) electrons. The molecular formula is C21H17F3N4S. The normalized spacial score (nSPS) is 11.7. The van der Waals surface area contributed by atoms with Crippen molar-refractivity contribution >= 4 is 27.4 Å². The maximum atomic E-state index is 12.6. The molecule has 0 aliphatic rings. The number of halogens is 3. The summed E-state index contributed by atoms with van der Waals surface area (Å²) in [4.78, 5) is 14.1. The second-order valence-corrected chi connectivity index (χ2v) is 7.55. The molecule has 0 spiro atoms. The van der Waals surface area contributed by atoms with Gasteiger partial charge in [0.2, 0.25) is 0 Å². The van der Waals surface area contributed by atoms with Crippen molar-refractivity contribution in [1.82, 2.24) is 15.0 Å². The van der Waals surface area contributed by atoms with Gasteiger partial charge in [-0.05, 0) is 48.7 Å². The van der Waals surface area contributed by atoms with Crippen molar-refractivity contribution in [3.63, 3.8) is 0 Å².